The highest BCUT2D eigenvalue weighted by atomic mass is 79.9. The number of ether oxygens (including phenoxy) is 1. The molecule has 1 rings (SSSR count). The molecule has 0 saturated heterocycles. The third-order valence-corrected chi connectivity index (χ3v) is 3.55. The highest BCUT2D eigenvalue weighted by Crippen LogP contribution is 2.32. The standard InChI is InChI=1S/C14H19BrO3/c1-9(2)11-8-13(18-3)10(7-12(11)15)5-4-6-14(16)17/h7-9H,4-6H2,1-3H3,(H,16,17). The number of carboxylic acid groups (broad SMARTS) is 1. The summed E-state index contributed by atoms with van der Waals surface area (Å²) in [7, 11) is 1.65. The molecule has 1 N–H and O–H groups in total. The summed E-state index contributed by atoms with van der Waals surface area (Å²) in [6.45, 7) is 4.26. The fourth-order valence-electron chi connectivity index (χ4n) is 1.87. The van der Waals surface area contributed by atoms with E-state index < -0.39 is 5.97 Å². The van der Waals surface area contributed by atoms with E-state index in [2.05, 4.69) is 29.8 Å². The van der Waals surface area contributed by atoms with Crippen LogP contribution in [0.3, 0.4) is 0 Å². The van der Waals surface area contributed by atoms with E-state index in [1.165, 1.54) is 5.56 Å². The predicted octanol–water partition coefficient (Wildman–Crippen LogP) is 3.99. The molecule has 1 aromatic carbocycles. The molecular weight excluding hydrogens is 296 g/mol. The fourth-order valence-corrected chi connectivity index (χ4v) is 2.72. The molecule has 0 bridgehead atoms. The molecule has 0 aliphatic rings. The van der Waals surface area contributed by atoms with Crippen molar-refractivity contribution >= 4 is 21.9 Å². The number of hydrogen-bond donors (Lipinski definition) is 1. The minimum absolute atomic E-state index is 0.187. The minimum Gasteiger partial charge on any atom is -0.496 e. The van der Waals surface area contributed by atoms with Gasteiger partial charge in [-0.3, -0.25) is 4.79 Å². The molecule has 0 spiro atoms. The number of halogens is 1. The zero-order chi connectivity index (χ0) is 13.7. The lowest BCUT2D eigenvalue weighted by molar-refractivity contribution is -0.137. The summed E-state index contributed by atoms with van der Waals surface area (Å²) in [6.07, 6.45) is 1.53. The highest BCUT2D eigenvalue weighted by molar-refractivity contribution is 9.10. The van der Waals surface area contributed by atoms with Crippen LogP contribution in [0.1, 0.15) is 43.7 Å². The first kappa shape index (κ1) is 15.0. The van der Waals surface area contributed by atoms with Crippen molar-refractivity contribution in [2.45, 2.75) is 39.0 Å². The van der Waals surface area contributed by atoms with Crippen molar-refractivity contribution in [1.82, 2.24) is 0 Å². The summed E-state index contributed by atoms with van der Waals surface area (Å²) in [5, 5.41) is 8.65. The van der Waals surface area contributed by atoms with Crippen LogP contribution in [0.2, 0.25) is 0 Å². The van der Waals surface area contributed by atoms with Crippen LogP contribution in [-0.2, 0) is 11.2 Å². The van der Waals surface area contributed by atoms with Gasteiger partial charge in [0, 0.05) is 10.9 Å². The molecule has 18 heavy (non-hydrogen) atoms. The molecule has 4 heteroatoms. The Labute approximate surface area is 116 Å². The Morgan fingerprint density at radius 3 is 2.61 bits per heavy atom. The number of aryl methyl sites for hydroxylation is 1. The Morgan fingerprint density at radius 2 is 2.11 bits per heavy atom. The zero-order valence-electron chi connectivity index (χ0n) is 11.0. The van der Waals surface area contributed by atoms with E-state index in [4.69, 9.17) is 9.84 Å². The van der Waals surface area contributed by atoms with Gasteiger partial charge in [0.2, 0.25) is 0 Å². The molecule has 0 heterocycles. The van der Waals surface area contributed by atoms with E-state index in [0.717, 1.165) is 15.8 Å². The van der Waals surface area contributed by atoms with Gasteiger partial charge in [-0.1, -0.05) is 29.8 Å². The number of aliphatic carboxylic acids is 1. The summed E-state index contributed by atoms with van der Waals surface area (Å²) in [5.41, 5.74) is 2.25. The van der Waals surface area contributed by atoms with E-state index in [1.807, 2.05) is 12.1 Å². The van der Waals surface area contributed by atoms with Crippen molar-refractivity contribution in [3.8, 4) is 5.75 Å². The first-order valence-corrected chi connectivity index (χ1v) is 6.83. The van der Waals surface area contributed by atoms with Gasteiger partial charge in [0.25, 0.3) is 0 Å². The molecule has 0 aromatic heterocycles. The maximum Gasteiger partial charge on any atom is 0.303 e. The quantitative estimate of drug-likeness (QED) is 0.863. The molecule has 0 amide bonds. The highest BCUT2D eigenvalue weighted by Gasteiger charge is 2.11. The summed E-state index contributed by atoms with van der Waals surface area (Å²) in [5.74, 6) is 0.500. The Morgan fingerprint density at radius 1 is 1.44 bits per heavy atom. The first-order chi connectivity index (χ1) is 8.45. The van der Waals surface area contributed by atoms with E-state index in [-0.39, 0.29) is 6.42 Å². The smallest absolute Gasteiger partial charge is 0.303 e. The Balaban J connectivity index is 2.90. The molecule has 100 valence electrons. The van der Waals surface area contributed by atoms with E-state index in [1.54, 1.807) is 7.11 Å². The van der Waals surface area contributed by atoms with Crippen LogP contribution in [0.15, 0.2) is 16.6 Å². The average Bonchev–Trinajstić information content (AvgIpc) is 2.28. The topological polar surface area (TPSA) is 46.5 Å². The maximum atomic E-state index is 10.5. The maximum absolute atomic E-state index is 10.5. The van der Waals surface area contributed by atoms with Gasteiger partial charge in [0.15, 0.2) is 0 Å². The van der Waals surface area contributed by atoms with Crippen LogP contribution < -0.4 is 4.74 Å². The van der Waals surface area contributed by atoms with Gasteiger partial charge in [-0.25, -0.2) is 0 Å². The molecule has 0 aliphatic carbocycles. The van der Waals surface area contributed by atoms with Crippen molar-refractivity contribution in [2.75, 3.05) is 7.11 Å². The number of carboxylic acids is 1. The van der Waals surface area contributed by atoms with E-state index in [0.29, 0.717) is 18.8 Å². The molecule has 0 radical (unpaired) electrons. The van der Waals surface area contributed by atoms with Crippen molar-refractivity contribution in [3.63, 3.8) is 0 Å². The minimum atomic E-state index is -0.758. The first-order valence-electron chi connectivity index (χ1n) is 6.03. The monoisotopic (exact) mass is 314 g/mol. The molecular formula is C14H19BrO3. The molecule has 0 unspecified atom stereocenters. The molecule has 1 aromatic rings. The Kier molecular flexibility index (Phi) is 5.66. The van der Waals surface area contributed by atoms with Crippen LogP contribution in [0, 0.1) is 0 Å². The SMILES string of the molecule is COc1cc(C(C)C)c(Br)cc1CCCC(=O)O. The lowest BCUT2D eigenvalue weighted by Gasteiger charge is -2.14. The van der Waals surface area contributed by atoms with Gasteiger partial charge in [0.05, 0.1) is 7.11 Å². The van der Waals surface area contributed by atoms with Crippen LogP contribution in [-0.4, -0.2) is 18.2 Å². The van der Waals surface area contributed by atoms with Crippen molar-refractivity contribution in [3.05, 3.63) is 27.7 Å². The number of hydrogen-bond acceptors (Lipinski definition) is 2. The van der Waals surface area contributed by atoms with Gasteiger partial charge < -0.3 is 9.84 Å². The van der Waals surface area contributed by atoms with Crippen LogP contribution in [0.5, 0.6) is 5.75 Å². The molecule has 0 saturated carbocycles. The second kappa shape index (κ2) is 6.78. The van der Waals surface area contributed by atoms with E-state index >= 15 is 0 Å². The van der Waals surface area contributed by atoms with Gasteiger partial charge in [-0.2, -0.15) is 0 Å². The van der Waals surface area contributed by atoms with Crippen molar-refractivity contribution < 1.29 is 14.6 Å². The number of rotatable bonds is 6. The summed E-state index contributed by atoms with van der Waals surface area (Å²) in [6, 6.07) is 4.07. The summed E-state index contributed by atoms with van der Waals surface area (Å²) < 4.78 is 6.44. The molecule has 0 atom stereocenters. The van der Waals surface area contributed by atoms with Gasteiger partial charge >= 0.3 is 5.97 Å². The average molecular weight is 315 g/mol. The lowest BCUT2D eigenvalue weighted by atomic mass is 9.98. The second-order valence-corrected chi connectivity index (χ2v) is 5.44. The number of benzene rings is 1. The molecule has 0 aliphatic heterocycles. The Hall–Kier alpha value is -1.03. The molecule has 0 fully saturated rings. The Bertz CT molecular complexity index is 427. The van der Waals surface area contributed by atoms with Crippen LogP contribution in [0.25, 0.3) is 0 Å². The zero-order valence-corrected chi connectivity index (χ0v) is 12.6. The largest absolute Gasteiger partial charge is 0.496 e. The van der Waals surface area contributed by atoms with Crippen LogP contribution in [0.4, 0.5) is 0 Å². The van der Waals surface area contributed by atoms with Crippen molar-refractivity contribution in [1.29, 1.82) is 0 Å². The van der Waals surface area contributed by atoms with Gasteiger partial charge in [-0.15, -0.1) is 0 Å². The van der Waals surface area contributed by atoms with Gasteiger partial charge in [-0.05, 0) is 42.0 Å². The van der Waals surface area contributed by atoms with Crippen molar-refractivity contribution in [2.24, 2.45) is 0 Å². The lowest BCUT2D eigenvalue weighted by Crippen LogP contribution is -2.00. The number of carbonyl (C=O) groups is 1. The van der Waals surface area contributed by atoms with E-state index in [9.17, 15) is 4.79 Å². The summed E-state index contributed by atoms with van der Waals surface area (Å²) in [4.78, 5) is 10.5. The second-order valence-electron chi connectivity index (χ2n) is 4.59. The number of methoxy groups -OCH3 is 1. The third kappa shape index (κ3) is 4.02. The fraction of sp³-hybridized carbons (Fsp3) is 0.500. The van der Waals surface area contributed by atoms with Crippen LogP contribution >= 0.6 is 15.9 Å². The summed E-state index contributed by atoms with van der Waals surface area (Å²) >= 11 is 3.56. The predicted molar refractivity (Wildman–Crippen MR) is 75.4 cm³/mol. The molecule has 3 nitrogen and oxygen atoms in total. The van der Waals surface area contributed by atoms with Gasteiger partial charge in [0.1, 0.15) is 5.75 Å². The normalized spacial score (nSPS) is 10.7. The third-order valence-electron chi connectivity index (χ3n) is 2.86.